The van der Waals surface area contributed by atoms with Crippen LogP contribution >= 0.6 is 24.6 Å². The molecule has 1 aliphatic heterocycles. The van der Waals surface area contributed by atoms with Gasteiger partial charge in [0.2, 0.25) is 0 Å². The molecule has 0 amide bonds. The molecule has 3 N–H and O–H groups in total. The van der Waals surface area contributed by atoms with Gasteiger partial charge in [0.05, 0.1) is 0 Å². The minimum Gasteiger partial charge on any atom is -0.504 e. The maximum absolute atomic E-state index is 11.0. The van der Waals surface area contributed by atoms with E-state index < -0.39 is 24.6 Å². The van der Waals surface area contributed by atoms with Gasteiger partial charge in [-0.1, -0.05) is 91.0 Å². The standard InChI is InChI=1S/C36H30N3O9P3/c40-31-22-10-13-25-34(31)44-39-50(46-30-20-8-3-9-21-30)38(43-28-16-4-1-5-17-28)49(45-29-18-6-2-7-19-29)37-51(39,47-35-26-14-11-23-32(35)41)48-36-27-15-12-24-33(36)42/h1-27,40-42H. The van der Waals surface area contributed by atoms with Crippen LogP contribution in [0, 0.1) is 0 Å². The molecule has 0 aliphatic carbocycles. The van der Waals surface area contributed by atoms with Crippen molar-refractivity contribution in [1.29, 1.82) is 0 Å². The average Bonchev–Trinajstić information content (AvgIpc) is 3.15. The van der Waals surface area contributed by atoms with Crippen LogP contribution in [0.5, 0.6) is 51.7 Å². The van der Waals surface area contributed by atoms with Crippen LogP contribution in [0.4, 0.5) is 0 Å². The fourth-order valence-electron chi connectivity index (χ4n) is 4.47. The molecule has 0 fully saturated rings. The summed E-state index contributed by atoms with van der Waals surface area (Å²) < 4.78 is 34.4. The minimum absolute atomic E-state index is 0.00197. The highest BCUT2D eigenvalue weighted by molar-refractivity contribution is 7.78. The molecule has 0 aromatic heterocycles. The summed E-state index contributed by atoms with van der Waals surface area (Å²) in [6.45, 7) is 0. The molecule has 1 heterocycles. The largest absolute Gasteiger partial charge is 0.504 e. The highest BCUT2D eigenvalue weighted by Crippen LogP contribution is 2.78. The third kappa shape index (κ3) is 7.97. The van der Waals surface area contributed by atoms with Gasteiger partial charge in [0, 0.05) is 9.21 Å². The zero-order valence-electron chi connectivity index (χ0n) is 26.6. The molecule has 12 nitrogen and oxygen atoms in total. The van der Waals surface area contributed by atoms with Gasteiger partial charge in [-0.15, -0.1) is 4.52 Å². The molecule has 0 saturated carbocycles. The number of hydrogen-bond donors (Lipinski definition) is 3. The Bertz CT molecular complexity index is 2070. The Kier molecular flexibility index (Phi) is 10.4. The van der Waals surface area contributed by atoms with Gasteiger partial charge in [-0.3, -0.25) is 0 Å². The van der Waals surface area contributed by atoms with E-state index in [1.165, 1.54) is 39.5 Å². The molecule has 0 bridgehead atoms. The van der Waals surface area contributed by atoms with Gasteiger partial charge in [-0.2, -0.15) is 0 Å². The first-order chi connectivity index (χ1) is 25.0. The summed E-state index contributed by atoms with van der Waals surface area (Å²) in [6, 6.07) is 45.8. The lowest BCUT2D eigenvalue weighted by Crippen LogP contribution is -2.37. The Balaban J connectivity index is 1.50. The van der Waals surface area contributed by atoms with Gasteiger partial charge >= 0.3 is 24.6 Å². The van der Waals surface area contributed by atoms with Crippen molar-refractivity contribution in [2.75, 3.05) is 0 Å². The molecule has 7 rings (SSSR count). The zero-order valence-corrected chi connectivity index (χ0v) is 29.2. The zero-order chi connectivity index (χ0) is 35.0. The second-order valence-corrected chi connectivity index (χ2v) is 16.0. The van der Waals surface area contributed by atoms with Crippen molar-refractivity contribution in [3.63, 3.8) is 0 Å². The molecule has 15 heteroatoms. The molecule has 0 saturated heterocycles. The number of hydrogen-bond acceptors (Lipinski definition) is 12. The molecule has 0 radical (unpaired) electrons. The number of benzene rings is 6. The lowest BCUT2D eigenvalue weighted by atomic mass is 10.3. The van der Waals surface area contributed by atoms with E-state index >= 15 is 0 Å². The van der Waals surface area contributed by atoms with Crippen LogP contribution in [0.25, 0.3) is 0 Å². The molecule has 1 aliphatic rings. The number of nitrogens with zero attached hydrogens (tertiary/aromatic N) is 3. The van der Waals surface area contributed by atoms with Crippen molar-refractivity contribution < 1.29 is 43.1 Å². The first-order valence-corrected chi connectivity index (χ1v) is 19.3. The lowest BCUT2D eigenvalue weighted by molar-refractivity contribution is 0.0524. The van der Waals surface area contributed by atoms with Gasteiger partial charge in [0.25, 0.3) is 0 Å². The third-order valence-corrected chi connectivity index (χ3v) is 13.7. The molecular formula is C36H30N3O9P3. The van der Waals surface area contributed by atoms with Gasteiger partial charge in [0.15, 0.2) is 34.5 Å². The smallest absolute Gasteiger partial charge is 0.447 e. The predicted octanol–water partition coefficient (Wildman–Crippen LogP) is 10.4. The number of rotatable bonds is 12. The Morgan fingerprint density at radius 1 is 0.451 bits per heavy atom. The van der Waals surface area contributed by atoms with Crippen molar-refractivity contribution >= 4 is 24.6 Å². The fourth-order valence-corrected chi connectivity index (χ4v) is 12.0. The van der Waals surface area contributed by atoms with Gasteiger partial charge < -0.3 is 43.1 Å². The van der Waals surface area contributed by atoms with E-state index in [-0.39, 0.29) is 34.5 Å². The van der Waals surface area contributed by atoms with E-state index in [9.17, 15) is 15.3 Å². The number of aromatic hydroxyl groups is 3. The maximum atomic E-state index is 11.0. The Labute approximate surface area is 296 Å². The van der Waals surface area contributed by atoms with Crippen LogP contribution < -0.4 is 27.8 Å². The second kappa shape index (κ2) is 15.6. The molecule has 51 heavy (non-hydrogen) atoms. The normalized spacial score (nSPS) is 17.0. The first kappa shape index (κ1) is 34.0. The topological polar surface area (TPSA) is 135 Å². The molecule has 6 aromatic rings. The summed E-state index contributed by atoms with van der Waals surface area (Å²) in [5.41, 5.74) is 0. The molecule has 2 unspecified atom stereocenters. The molecular weight excluding hydrogens is 711 g/mol. The summed E-state index contributed by atoms with van der Waals surface area (Å²) >= 11 is 0. The van der Waals surface area contributed by atoms with E-state index in [2.05, 4.69) is 0 Å². The van der Waals surface area contributed by atoms with Crippen LogP contribution in [0.1, 0.15) is 0 Å². The number of para-hydroxylation sites is 9. The van der Waals surface area contributed by atoms with E-state index in [0.717, 1.165) is 0 Å². The molecule has 2 atom stereocenters. The molecule has 0 spiro atoms. The van der Waals surface area contributed by atoms with Crippen LogP contribution in [0.2, 0.25) is 0 Å². The Morgan fingerprint density at radius 3 is 1.35 bits per heavy atom. The van der Waals surface area contributed by atoms with Crippen LogP contribution in [0.15, 0.2) is 168 Å². The Hall–Kier alpha value is -5.47. The summed E-state index contributed by atoms with van der Waals surface area (Å²) in [7, 11) is -8.92. The maximum Gasteiger partial charge on any atom is 0.447 e. The van der Waals surface area contributed by atoms with E-state index in [1.54, 1.807) is 91.0 Å². The molecule has 6 aromatic carbocycles. The summed E-state index contributed by atoms with van der Waals surface area (Å²) in [4.78, 5) is 13.1. The Morgan fingerprint density at radius 2 is 0.863 bits per heavy atom. The quantitative estimate of drug-likeness (QED) is 0.103. The average molecular weight is 742 g/mol. The van der Waals surface area contributed by atoms with Gasteiger partial charge in [-0.05, 0) is 72.8 Å². The lowest BCUT2D eigenvalue weighted by Gasteiger charge is -2.43. The van der Waals surface area contributed by atoms with Crippen molar-refractivity contribution in [3.05, 3.63) is 164 Å². The van der Waals surface area contributed by atoms with E-state index in [1.807, 2.05) is 42.5 Å². The van der Waals surface area contributed by atoms with Crippen molar-refractivity contribution in [2.45, 2.75) is 0 Å². The minimum atomic E-state index is -4.22. The van der Waals surface area contributed by atoms with Gasteiger partial charge in [0.1, 0.15) is 17.2 Å². The summed E-state index contributed by atoms with van der Waals surface area (Å²) in [5.74, 6) is 0.600. The van der Waals surface area contributed by atoms with Crippen LogP contribution in [0.3, 0.4) is 0 Å². The van der Waals surface area contributed by atoms with Crippen molar-refractivity contribution in [3.8, 4) is 51.7 Å². The van der Waals surface area contributed by atoms with E-state index in [4.69, 9.17) is 32.3 Å². The van der Waals surface area contributed by atoms with Crippen molar-refractivity contribution in [1.82, 2.24) is 9.21 Å². The van der Waals surface area contributed by atoms with Crippen LogP contribution in [-0.2, 0) is 0 Å². The van der Waals surface area contributed by atoms with E-state index in [0.29, 0.717) is 17.2 Å². The SMILES string of the molecule is Oc1ccccc1ON1P(Oc2ccccc2)N(Oc2ccccc2)P(Oc2ccccc2)N=P1(Oc1ccccc1O)Oc1ccccc1O. The van der Waals surface area contributed by atoms with Gasteiger partial charge in [-0.25, -0.2) is 0 Å². The fraction of sp³-hybridized carbons (Fsp3) is 0. The summed E-state index contributed by atoms with van der Waals surface area (Å²) in [6.07, 6.45) is 0. The number of phenols is 3. The highest BCUT2D eigenvalue weighted by Gasteiger charge is 2.58. The predicted molar refractivity (Wildman–Crippen MR) is 194 cm³/mol. The second-order valence-electron chi connectivity index (χ2n) is 10.5. The highest BCUT2D eigenvalue weighted by atomic mass is 31.3. The molecule has 258 valence electrons. The van der Waals surface area contributed by atoms with Crippen molar-refractivity contribution in [2.24, 2.45) is 4.52 Å². The number of phenolic OH excluding ortho intramolecular Hbond substituents is 3. The third-order valence-electron chi connectivity index (χ3n) is 6.85. The first-order valence-electron chi connectivity index (χ1n) is 15.4. The summed E-state index contributed by atoms with van der Waals surface area (Å²) in [5, 5.41) is 33.0. The van der Waals surface area contributed by atoms with Crippen LogP contribution in [-0.4, -0.2) is 24.5 Å². The monoisotopic (exact) mass is 741 g/mol.